The molecule has 0 aliphatic rings. The van der Waals surface area contributed by atoms with E-state index in [1.807, 2.05) is 39.0 Å². The summed E-state index contributed by atoms with van der Waals surface area (Å²) < 4.78 is 1.59. The predicted molar refractivity (Wildman–Crippen MR) is 90.6 cm³/mol. The number of carbonyl (C=O) groups excluding carboxylic acids is 1. The van der Waals surface area contributed by atoms with E-state index < -0.39 is 0 Å². The van der Waals surface area contributed by atoms with Gasteiger partial charge in [-0.1, -0.05) is 23.9 Å². The van der Waals surface area contributed by atoms with Crippen LogP contribution in [0.4, 0.5) is 5.69 Å². The third-order valence-corrected chi connectivity index (χ3v) is 4.35. The molecule has 1 atom stereocenters. The summed E-state index contributed by atoms with van der Waals surface area (Å²) in [6, 6.07) is 7.78. The highest BCUT2D eigenvalue weighted by molar-refractivity contribution is 8.00. The Bertz CT molecular complexity index is 828. The van der Waals surface area contributed by atoms with Crippen molar-refractivity contribution in [2.75, 3.05) is 5.32 Å². The molecule has 23 heavy (non-hydrogen) atoms. The molecule has 1 N–H and O–H groups in total. The Morgan fingerprint density at radius 2 is 2.17 bits per heavy atom. The lowest BCUT2D eigenvalue weighted by Gasteiger charge is -2.12. The molecule has 0 saturated carbocycles. The molecular weight excluding hydrogens is 310 g/mol. The minimum atomic E-state index is -0.313. The third-order valence-electron chi connectivity index (χ3n) is 3.40. The molecule has 1 amide bonds. The fourth-order valence-corrected chi connectivity index (χ4v) is 2.83. The molecule has 0 saturated heterocycles. The molecule has 0 bridgehead atoms. The highest BCUT2D eigenvalue weighted by Crippen LogP contribution is 2.22. The second-order valence-electron chi connectivity index (χ2n) is 5.33. The van der Waals surface area contributed by atoms with Crippen molar-refractivity contribution in [2.45, 2.75) is 31.2 Å². The first-order valence-electron chi connectivity index (χ1n) is 7.25. The molecule has 0 aliphatic carbocycles. The molecule has 1 aromatic carbocycles. The van der Waals surface area contributed by atoms with Crippen LogP contribution in [-0.4, -0.2) is 30.7 Å². The number of aryl methyl sites for hydroxylation is 2. The zero-order chi connectivity index (χ0) is 16.4. The average molecular weight is 327 g/mol. The van der Waals surface area contributed by atoms with Gasteiger partial charge >= 0.3 is 0 Å². The van der Waals surface area contributed by atoms with Crippen LogP contribution in [0.15, 0.2) is 41.8 Å². The molecule has 3 aromatic rings. The highest BCUT2D eigenvalue weighted by atomic mass is 32.2. The van der Waals surface area contributed by atoms with Gasteiger partial charge in [-0.3, -0.25) is 4.79 Å². The Morgan fingerprint density at radius 3 is 2.96 bits per heavy atom. The van der Waals surface area contributed by atoms with Crippen molar-refractivity contribution in [1.29, 1.82) is 0 Å². The van der Waals surface area contributed by atoms with Crippen molar-refractivity contribution in [3.63, 3.8) is 0 Å². The van der Waals surface area contributed by atoms with Gasteiger partial charge in [0.05, 0.1) is 5.25 Å². The molecule has 0 aliphatic heterocycles. The minimum Gasteiger partial charge on any atom is -0.325 e. The third kappa shape index (κ3) is 3.50. The van der Waals surface area contributed by atoms with Crippen LogP contribution in [0.1, 0.15) is 18.1 Å². The van der Waals surface area contributed by atoms with Crippen LogP contribution < -0.4 is 5.32 Å². The summed E-state index contributed by atoms with van der Waals surface area (Å²) in [7, 11) is 0. The molecule has 6 nitrogen and oxygen atoms in total. The first kappa shape index (κ1) is 15.5. The monoisotopic (exact) mass is 327 g/mol. The largest absolute Gasteiger partial charge is 0.325 e. The topological polar surface area (TPSA) is 72.2 Å². The number of anilines is 1. The van der Waals surface area contributed by atoms with Gasteiger partial charge in [0, 0.05) is 18.1 Å². The molecule has 0 radical (unpaired) electrons. The fourth-order valence-electron chi connectivity index (χ4n) is 2.08. The fraction of sp³-hybridized carbons (Fsp3) is 0.250. The zero-order valence-corrected chi connectivity index (χ0v) is 14.0. The summed E-state index contributed by atoms with van der Waals surface area (Å²) in [5, 5.41) is 7.49. The normalized spacial score (nSPS) is 12.3. The van der Waals surface area contributed by atoms with E-state index in [4.69, 9.17) is 0 Å². The van der Waals surface area contributed by atoms with Crippen LogP contribution in [0, 0.1) is 13.8 Å². The highest BCUT2D eigenvalue weighted by Gasteiger charge is 2.18. The molecule has 3 rings (SSSR count). The molecule has 1 unspecified atom stereocenters. The molecule has 0 spiro atoms. The van der Waals surface area contributed by atoms with E-state index in [0.717, 1.165) is 16.8 Å². The van der Waals surface area contributed by atoms with E-state index in [0.29, 0.717) is 10.9 Å². The van der Waals surface area contributed by atoms with E-state index in [1.54, 1.807) is 23.0 Å². The molecule has 2 aromatic heterocycles. The van der Waals surface area contributed by atoms with E-state index in [-0.39, 0.29) is 11.2 Å². The van der Waals surface area contributed by atoms with Crippen LogP contribution in [-0.2, 0) is 4.79 Å². The minimum absolute atomic E-state index is 0.0736. The second kappa shape index (κ2) is 6.37. The summed E-state index contributed by atoms with van der Waals surface area (Å²) >= 11 is 1.31. The molecule has 118 valence electrons. The average Bonchev–Trinajstić information content (AvgIpc) is 2.93. The number of aromatic nitrogens is 4. The van der Waals surface area contributed by atoms with Crippen molar-refractivity contribution >= 4 is 29.1 Å². The van der Waals surface area contributed by atoms with Gasteiger partial charge in [0.2, 0.25) is 11.1 Å². The number of fused-ring (bicyclic) bond motifs is 1. The van der Waals surface area contributed by atoms with E-state index in [1.165, 1.54) is 11.8 Å². The standard InChI is InChI=1S/C16H17N5OS/c1-10-5-6-11(2)13(9-10)18-14(22)12(3)23-16-19-15-17-7-4-8-21(15)20-16/h4-9,12H,1-3H3,(H,18,22). The first-order chi connectivity index (χ1) is 11.0. The van der Waals surface area contributed by atoms with Crippen molar-refractivity contribution in [1.82, 2.24) is 19.6 Å². The Kier molecular flexibility index (Phi) is 4.29. The van der Waals surface area contributed by atoms with Gasteiger partial charge in [-0.25, -0.2) is 9.50 Å². The van der Waals surface area contributed by atoms with Gasteiger partial charge in [-0.05, 0) is 44.0 Å². The van der Waals surface area contributed by atoms with Gasteiger partial charge < -0.3 is 5.32 Å². The van der Waals surface area contributed by atoms with Crippen LogP contribution in [0.2, 0.25) is 0 Å². The van der Waals surface area contributed by atoms with Gasteiger partial charge in [-0.15, -0.1) is 5.10 Å². The van der Waals surface area contributed by atoms with Crippen LogP contribution in [0.5, 0.6) is 0 Å². The Morgan fingerprint density at radius 1 is 1.35 bits per heavy atom. The zero-order valence-electron chi connectivity index (χ0n) is 13.1. The number of carbonyl (C=O) groups is 1. The smallest absolute Gasteiger partial charge is 0.253 e. The van der Waals surface area contributed by atoms with Crippen molar-refractivity contribution < 1.29 is 4.79 Å². The maximum Gasteiger partial charge on any atom is 0.253 e. The number of thioether (sulfide) groups is 1. The number of nitrogens with one attached hydrogen (secondary N) is 1. The maximum absolute atomic E-state index is 12.4. The predicted octanol–water partition coefficient (Wildman–Crippen LogP) is 2.86. The number of nitrogens with zero attached hydrogens (tertiary/aromatic N) is 4. The van der Waals surface area contributed by atoms with Gasteiger partial charge in [-0.2, -0.15) is 4.98 Å². The number of rotatable bonds is 4. The van der Waals surface area contributed by atoms with Crippen molar-refractivity contribution in [3.05, 3.63) is 47.8 Å². The lowest BCUT2D eigenvalue weighted by atomic mass is 10.1. The first-order valence-corrected chi connectivity index (χ1v) is 8.13. The Hall–Kier alpha value is -2.41. The molecule has 2 heterocycles. The number of benzene rings is 1. The number of hydrogen-bond donors (Lipinski definition) is 1. The maximum atomic E-state index is 12.4. The summed E-state index contributed by atoms with van der Waals surface area (Å²) in [4.78, 5) is 20.8. The van der Waals surface area contributed by atoms with Crippen LogP contribution in [0.3, 0.4) is 0 Å². The Labute approximate surface area is 138 Å². The van der Waals surface area contributed by atoms with Gasteiger partial charge in [0.1, 0.15) is 0 Å². The summed E-state index contributed by atoms with van der Waals surface area (Å²) in [6.07, 6.45) is 3.44. The Balaban J connectivity index is 1.71. The SMILES string of the molecule is Cc1ccc(C)c(NC(=O)C(C)Sc2nc3ncccn3n2)c1. The van der Waals surface area contributed by atoms with Gasteiger partial charge in [0.25, 0.3) is 5.78 Å². The number of hydrogen-bond acceptors (Lipinski definition) is 5. The van der Waals surface area contributed by atoms with Gasteiger partial charge in [0.15, 0.2) is 0 Å². The lowest BCUT2D eigenvalue weighted by Crippen LogP contribution is -2.23. The van der Waals surface area contributed by atoms with Crippen molar-refractivity contribution in [2.24, 2.45) is 0 Å². The molecular formula is C16H17N5OS. The second-order valence-corrected chi connectivity index (χ2v) is 6.63. The van der Waals surface area contributed by atoms with Crippen LogP contribution >= 0.6 is 11.8 Å². The van der Waals surface area contributed by atoms with Crippen LogP contribution in [0.25, 0.3) is 5.78 Å². The van der Waals surface area contributed by atoms with Crippen molar-refractivity contribution in [3.8, 4) is 0 Å². The van der Waals surface area contributed by atoms with E-state index in [9.17, 15) is 4.79 Å². The summed E-state index contributed by atoms with van der Waals surface area (Å²) in [6.45, 7) is 5.81. The number of amides is 1. The molecule has 7 heteroatoms. The van der Waals surface area contributed by atoms with E-state index in [2.05, 4.69) is 20.4 Å². The van der Waals surface area contributed by atoms with E-state index >= 15 is 0 Å². The summed E-state index contributed by atoms with van der Waals surface area (Å²) in [5.74, 6) is 0.452. The molecule has 0 fully saturated rings. The quantitative estimate of drug-likeness (QED) is 0.746. The summed E-state index contributed by atoms with van der Waals surface area (Å²) in [5.41, 5.74) is 2.99. The lowest BCUT2D eigenvalue weighted by molar-refractivity contribution is -0.115.